The molecule has 24 heavy (non-hydrogen) atoms. The van der Waals surface area contributed by atoms with Gasteiger partial charge in [0.2, 0.25) is 5.91 Å². The molecule has 1 aliphatic heterocycles. The molecule has 1 amide bonds. The van der Waals surface area contributed by atoms with E-state index in [2.05, 4.69) is 20.9 Å². The average molecular weight is 334 g/mol. The third-order valence-electron chi connectivity index (χ3n) is 3.45. The van der Waals surface area contributed by atoms with Crippen molar-refractivity contribution in [2.45, 2.75) is 26.2 Å². The summed E-state index contributed by atoms with van der Waals surface area (Å²) < 4.78 is 11.3. The van der Waals surface area contributed by atoms with Crippen molar-refractivity contribution in [3.05, 3.63) is 18.2 Å². The molecule has 0 fully saturated rings. The van der Waals surface area contributed by atoms with Gasteiger partial charge in [-0.05, 0) is 18.6 Å². The number of nitrogens with one attached hydrogen (secondary N) is 3. The molecule has 0 aliphatic carbocycles. The van der Waals surface area contributed by atoms with E-state index in [-0.39, 0.29) is 5.91 Å². The van der Waals surface area contributed by atoms with Gasteiger partial charge in [0.1, 0.15) is 0 Å². The van der Waals surface area contributed by atoms with Crippen molar-refractivity contribution in [1.82, 2.24) is 10.6 Å². The van der Waals surface area contributed by atoms with Crippen molar-refractivity contribution in [1.29, 1.82) is 0 Å². The van der Waals surface area contributed by atoms with Crippen LogP contribution in [0.25, 0.3) is 0 Å². The van der Waals surface area contributed by atoms with Gasteiger partial charge in [0.05, 0.1) is 13.2 Å². The molecule has 1 heterocycles. The summed E-state index contributed by atoms with van der Waals surface area (Å²) in [6.45, 7) is 4.57. The van der Waals surface area contributed by atoms with Crippen LogP contribution in [0.1, 0.15) is 26.2 Å². The average Bonchev–Trinajstić information content (AvgIpc) is 2.83. The Morgan fingerprint density at radius 3 is 2.71 bits per heavy atom. The number of hydrogen-bond acceptors (Lipinski definition) is 4. The number of anilines is 1. The molecule has 1 aliphatic rings. The van der Waals surface area contributed by atoms with E-state index in [4.69, 9.17) is 9.47 Å². The highest BCUT2D eigenvalue weighted by atomic mass is 16.5. The Bertz CT molecular complexity index is 575. The van der Waals surface area contributed by atoms with Gasteiger partial charge in [0.15, 0.2) is 17.5 Å². The predicted octanol–water partition coefficient (Wildman–Crippen LogP) is 1.75. The molecule has 0 saturated heterocycles. The van der Waals surface area contributed by atoms with Crippen molar-refractivity contribution in [3.63, 3.8) is 0 Å². The Hall–Kier alpha value is -2.44. The van der Waals surface area contributed by atoms with Crippen molar-refractivity contribution < 1.29 is 14.3 Å². The first-order chi connectivity index (χ1) is 11.7. The second-order valence-electron chi connectivity index (χ2n) is 5.44. The number of benzene rings is 1. The zero-order valence-corrected chi connectivity index (χ0v) is 14.4. The van der Waals surface area contributed by atoms with Gasteiger partial charge < -0.3 is 25.4 Å². The van der Waals surface area contributed by atoms with Gasteiger partial charge in [-0.25, -0.2) is 0 Å². The smallest absolute Gasteiger partial charge is 0.221 e. The molecule has 0 radical (unpaired) electrons. The van der Waals surface area contributed by atoms with Crippen LogP contribution in [0, 0.1) is 0 Å². The number of ether oxygens (including phenoxy) is 2. The second-order valence-corrected chi connectivity index (χ2v) is 5.44. The minimum atomic E-state index is 0.0374. The van der Waals surface area contributed by atoms with Crippen LogP contribution in [0.2, 0.25) is 0 Å². The SMILES string of the molecule is CCCNC(=O)CCNC(=NC)Nc1ccc2c(c1)OCCCO2. The molecular weight excluding hydrogens is 308 g/mol. The molecule has 1 aromatic rings. The molecule has 7 heteroatoms. The Morgan fingerprint density at radius 2 is 1.96 bits per heavy atom. The number of carbonyl (C=O) groups excluding carboxylic acids is 1. The van der Waals surface area contributed by atoms with Gasteiger partial charge in [-0.2, -0.15) is 0 Å². The quantitative estimate of drug-likeness (QED) is 0.545. The molecule has 0 unspecified atom stereocenters. The highest BCUT2D eigenvalue weighted by molar-refractivity contribution is 5.94. The minimum absolute atomic E-state index is 0.0374. The van der Waals surface area contributed by atoms with Crippen LogP contribution in [-0.4, -0.2) is 45.2 Å². The van der Waals surface area contributed by atoms with Crippen molar-refractivity contribution in [2.24, 2.45) is 4.99 Å². The highest BCUT2D eigenvalue weighted by Crippen LogP contribution is 2.32. The fourth-order valence-corrected chi connectivity index (χ4v) is 2.20. The summed E-state index contributed by atoms with van der Waals surface area (Å²) in [5.74, 6) is 2.13. The fourth-order valence-electron chi connectivity index (χ4n) is 2.20. The van der Waals surface area contributed by atoms with Crippen LogP contribution < -0.4 is 25.4 Å². The first-order valence-electron chi connectivity index (χ1n) is 8.37. The molecule has 1 aromatic carbocycles. The van der Waals surface area contributed by atoms with Gasteiger partial charge >= 0.3 is 0 Å². The van der Waals surface area contributed by atoms with Crippen molar-refractivity contribution in [3.8, 4) is 11.5 Å². The van der Waals surface area contributed by atoms with E-state index in [0.717, 1.165) is 30.0 Å². The molecule has 3 N–H and O–H groups in total. The topological polar surface area (TPSA) is 84.0 Å². The van der Waals surface area contributed by atoms with E-state index in [1.807, 2.05) is 25.1 Å². The Morgan fingerprint density at radius 1 is 1.17 bits per heavy atom. The summed E-state index contributed by atoms with van der Waals surface area (Å²) >= 11 is 0. The number of aliphatic imine (C=N–C) groups is 1. The van der Waals surface area contributed by atoms with Gasteiger partial charge in [-0.1, -0.05) is 6.92 Å². The number of carbonyl (C=O) groups is 1. The lowest BCUT2D eigenvalue weighted by molar-refractivity contribution is -0.120. The van der Waals surface area contributed by atoms with E-state index >= 15 is 0 Å². The highest BCUT2D eigenvalue weighted by Gasteiger charge is 2.11. The van der Waals surface area contributed by atoms with Crippen LogP contribution in [0.4, 0.5) is 5.69 Å². The number of rotatable bonds is 6. The first-order valence-corrected chi connectivity index (χ1v) is 8.37. The Balaban J connectivity index is 1.84. The van der Waals surface area contributed by atoms with Crippen LogP contribution in [0.5, 0.6) is 11.5 Å². The summed E-state index contributed by atoms with van der Waals surface area (Å²) in [6, 6.07) is 5.68. The molecule has 0 spiro atoms. The normalized spacial score (nSPS) is 13.8. The number of nitrogens with zero attached hydrogens (tertiary/aromatic N) is 1. The molecule has 0 aromatic heterocycles. The lowest BCUT2D eigenvalue weighted by Crippen LogP contribution is -2.34. The summed E-state index contributed by atoms with van der Waals surface area (Å²) in [4.78, 5) is 15.7. The zero-order valence-electron chi connectivity index (χ0n) is 14.4. The molecule has 0 bridgehead atoms. The summed E-state index contributed by atoms with van der Waals surface area (Å²) in [5.41, 5.74) is 0.850. The number of guanidine groups is 1. The molecule has 7 nitrogen and oxygen atoms in total. The monoisotopic (exact) mass is 334 g/mol. The van der Waals surface area contributed by atoms with E-state index in [9.17, 15) is 4.79 Å². The Kier molecular flexibility index (Phi) is 7.20. The minimum Gasteiger partial charge on any atom is -0.490 e. The van der Waals surface area contributed by atoms with Crippen LogP contribution in [-0.2, 0) is 4.79 Å². The van der Waals surface area contributed by atoms with Gasteiger partial charge in [-0.3, -0.25) is 9.79 Å². The summed E-state index contributed by atoms with van der Waals surface area (Å²) in [5, 5.41) is 9.16. The standard InChI is InChI=1S/C17H26N4O3/c1-3-8-19-16(22)7-9-20-17(18-2)21-13-5-6-14-15(12-13)24-11-4-10-23-14/h5-6,12H,3-4,7-11H2,1-2H3,(H,19,22)(H2,18,20,21). The summed E-state index contributed by atoms with van der Waals surface area (Å²) in [7, 11) is 1.69. The van der Waals surface area contributed by atoms with Crippen LogP contribution in [0.3, 0.4) is 0 Å². The van der Waals surface area contributed by atoms with Gasteiger partial charge in [-0.15, -0.1) is 0 Å². The lowest BCUT2D eigenvalue weighted by Gasteiger charge is -2.14. The third kappa shape index (κ3) is 5.64. The molecule has 0 atom stereocenters. The van der Waals surface area contributed by atoms with E-state index in [0.29, 0.717) is 38.7 Å². The molecule has 2 rings (SSSR count). The van der Waals surface area contributed by atoms with Gasteiger partial charge in [0, 0.05) is 44.7 Å². The molecule has 132 valence electrons. The predicted molar refractivity (Wildman–Crippen MR) is 95.0 cm³/mol. The number of amides is 1. The lowest BCUT2D eigenvalue weighted by atomic mass is 10.2. The maximum Gasteiger partial charge on any atom is 0.221 e. The van der Waals surface area contributed by atoms with Crippen LogP contribution >= 0.6 is 0 Å². The largest absolute Gasteiger partial charge is 0.490 e. The fraction of sp³-hybridized carbons (Fsp3) is 0.529. The maximum atomic E-state index is 11.6. The van der Waals surface area contributed by atoms with Crippen LogP contribution in [0.15, 0.2) is 23.2 Å². The van der Waals surface area contributed by atoms with E-state index < -0.39 is 0 Å². The summed E-state index contributed by atoms with van der Waals surface area (Å²) in [6.07, 6.45) is 2.22. The van der Waals surface area contributed by atoms with Gasteiger partial charge in [0.25, 0.3) is 0 Å². The Labute approximate surface area is 142 Å². The second kappa shape index (κ2) is 9.64. The number of hydrogen-bond donors (Lipinski definition) is 3. The van der Waals surface area contributed by atoms with E-state index in [1.165, 1.54) is 0 Å². The number of fused-ring (bicyclic) bond motifs is 1. The molecule has 0 saturated carbocycles. The molecular formula is C17H26N4O3. The van der Waals surface area contributed by atoms with Crippen molar-refractivity contribution in [2.75, 3.05) is 38.7 Å². The van der Waals surface area contributed by atoms with E-state index in [1.54, 1.807) is 7.05 Å². The van der Waals surface area contributed by atoms with Crippen molar-refractivity contribution >= 4 is 17.6 Å². The first kappa shape index (κ1) is 17.9. The third-order valence-corrected chi connectivity index (χ3v) is 3.45. The zero-order chi connectivity index (χ0) is 17.2. The maximum absolute atomic E-state index is 11.6.